The lowest BCUT2D eigenvalue weighted by Crippen LogP contribution is -2.30. The lowest BCUT2D eigenvalue weighted by atomic mass is 10.2. The molecular weight excluding hydrogens is 520 g/mol. The van der Waals surface area contributed by atoms with Gasteiger partial charge in [-0.3, -0.25) is 4.57 Å². The molecule has 0 aliphatic carbocycles. The van der Waals surface area contributed by atoms with Crippen LogP contribution in [0.5, 0.6) is 0 Å². The van der Waals surface area contributed by atoms with Gasteiger partial charge in [-0.25, -0.2) is 8.42 Å². The number of hydrogen-bond acceptors (Lipinski definition) is 6. The number of rotatable bonds is 9. The van der Waals surface area contributed by atoms with Crippen LogP contribution in [0.3, 0.4) is 0 Å². The lowest BCUT2D eigenvalue weighted by Gasteiger charge is -2.27. The summed E-state index contributed by atoms with van der Waals surface area (Å²) >= 11 is 16.1. The fourth-order valence-corrected chi connectivity index (χ4v) is 9.45. The molecule has 150 valence electrons. The van der Waals surface area contributed by atoms with Crippen molar-refractivity contribution in [3.63, 3.8) is 0 Å². The molecule has 0 amide bonds. The molecular formula is C15H17BrCl2NO5PS2. The van der Waals surface area contributed by atoms with Gasteiger partial charge in [0.05, 0.1) is 17.7 Å². The first-order valence-corrected chi connectivity index (χ1v) is 13.2. The normalized spacial score (nSPS) is 13.7. The Bertz CT molecular complexity index is 929. The van der Waals surface area contributed by atoms with Crippen LogP contribution in [0.25, 0.3) is 0 Å². The topological polar surface area (TPSA) is 81.7 Å². The number of hydrogen-bond donors (Lipinski definition) is 1. The molecule has 1 N–H and O–H groups in total. The number of sulfonamides is 1. The van der Waals surface area contributed by atoms with E-state index in [1.54, 1.807) is 44.2 Å². The van der Waals surface area contributed by atoms with Crippen LogP contribution in [-0.4, -0.2) is 21.6 Å². The molecule has 0 saturated carbocycles. The maximum Gasteiger partial charge on any atom is 0.352 e. The number of benzene rings is 1. The minimum Gasteiger partial charge on any atom is -0.308 e. The van der Waals surface area contributed by atoms with Crippen LogP contribution in [0, 0.1) is 0 Å². The molecule has 1 aromatic heterocycles. The van der Waals surface area contributed by atoms with E-state index in [0.29, 0.717) is 5.56 Å². The summed E-state index contributed by atoms with van der Waals surface area (Å²) in [5.74, 6) is -1.26. The zero-order chi connectivity index (χ0) is 20.2. The van der Waals surface area contributed by atoms with Gasteiger partial charge in [0.2, 0.25) is 10.0 Å². The van der Waals surface area contributed by atoms with Crippen LogP contribution >= 0.6 is 58.1 Å². The molecule has 0 aliphatic rings. The van der Waals surface area contributed by atoms with Crippen LogP contribution in [0.15, 0.2) is 39.7 Å². The van der Waals surface area contributed by atoms with Crippen LogP contribution in [-0.2, 0) is 23.6 Å². The average molecular weight is 537 g/mol. The standard InChI is InChI=1S/C15H17BrCl2NO5PS2/c1-3-23-25(20,24-4-2)15(10-8-6-5-7-9-10)19-27(21,22)12-11(16)13(17)26-14(12)18/h5-9,15,19H,3-4H2,1-2H3. The van der Waals surface area contributed by atoms with Crippen molar-refractivity contribution in [2.45, 2.75) is 24.5 Å². The van der Waals surface area contributed by atoms with Gasteiger partial charge < -0.3 is 9.05 Å². The van der Waals surface area contributed by atoms with Crippen molar-refractivity contribution in [1.82, 2.24) is 4.72 Å². The second-order valence-corrected chi connectivity index (χ2v) is 11.9. The smallest absolute Gasteiger partial charge is 0.308 e. The van der Waals surface area contributed by atoms with Gasteiger partial charge >= 0.3 is 7.60 Å². The Morgan fingerprint density at radius 3 is 2.15 bits per heavy atom. The minimum atomic E-state index is -4.20. The van der Waals surface area contributed by atoms with E-state index in [9.17, 15) is 13.0 Å². The van der Waals surface area contributed by atoms with Gasteiger partial charge in [-0.05, 0) is 35.3 Å². The molecule has 0 bridgehead atoms. The predicted octanol–water partition coefficient (Wildman–Crippen LogP) is 6.06. The van der Waals surface area contributed by atoms with Crippen LogP contribution in [0.2, 0.25) is 8.67 Å². The summed E-state index contributed by atoms with van der Waals surface area (Å²) in [6, 6.07) is 8.42. The molecule has 0 radical (unpaired) electrons. The average Bonchev–Trinajstić information content (AvgIpc) is 2.86. The van der Waals surface area contributed by atoms with Crippen molar-refractivity contribution >= 4 is 68.1 Å². The zero-order valence-corrected chi connectivity index (χ0v) is 19.9. The Kier molecular flexibility index (Phi) is 8.37. The van der Waals surface area contributed by atoms with E-state index >= 15 is 0 Å². The quantitative estimate of drug-likeness (QED) is 0.394. The van der Waals surface area contributed by atoms with Crippen molar-refractivity contribution in [1.29, 1.82) is 0 Å². The molecule has 1 unspecified atom stereocenters. The van der Waals surface area contributed by atoms with Gasteiger partial charge in [0.1, 0.15) is 19.4 Å². The third-order valence-electron chi connectivity index (χ3n) is 3.31. The molecule has 0 aliphatic heterocycles. The Balaban J connectivity index is 2.56. The van der Waals surface area contributed by atoms with Crippen molar-refractivity contribution in [2.24, 2.45) is 0 Å². The predicted molar refractivity (Wildman–Crippen MR) is 112 cm³/mol. The van der Waals surface area contributed by atoms with Crippen molar-refractivity contribution in [2.75, 3.05) is 13.2 Å². The Morgan fingerprint density at radius 1 is 1.15 bits per heavy atom. The number of halogens is 3. The van der Waals surface area contributed by atoms with Crippen LogP contribution in [0.4, 0.5) is 0 Å². The molecule has 27 heavy (non-hydrogen) atoms. The molecule has 1 atom stereocenters. The number of thiophene rings is 1. The second-order valence-electron chi connectivity index (χ2n) is 5.10. The molecule has 0 spiro atoms. The van der Waals surface area contributed by atoms with E-state index in [4.69, 9.17) is 32.2 Å². The van der Waals surface area contributed by atoms with E-state index in [1.165, 1.54) is 0 Å². The summed E-state index contributed by atoms with van der Waals surface area (Å²) in [4.78, 5) is -0.223. The summed E-state index contributed by atoms with van der Waals surface area (Å²) in [7, 11) is -8.07. The highest BCUT2D eigenvalue weighted by atomic mass is 79.9. The summed E-state index contributed by atoms with van der Waals surface area (Å²) in [6.45, 7) is 3.46. The molecule has 6 nitrogen and oxygen atoms in total. The van der Waals surface area contributed by atoms with Crippen LogP contribution in [0.1, 0.15) is 25.2 Å². The first-order chi connectivity index (χ1) is 12.7. The highest BCUT2D eigenvalue weighted by Gasteiger charge is 2.41. The third-order valence-corrected chi connectivity index (χ3v) is 10.7. The van der Waals surface area contributed by atoms with Gasteiger partial charge in [-0.1, -0.05) is 53.5 Å². The van der Waals surface area contributed by atoms with E-state index in [-0.39, 0.29) is 31.3 Å². The fourth-order valence-electron chi connectivity index (χ4n) is 2.27. The highest BCUT2D eigenvalue weighted by molar-refractivity contribution is 9.10. The molecule has 1 aromatic carbocycles. The summed E-state index contributed by atoms with van der Waals surface area (Å²) in [5.41, 5.74) is 0.430. The molecule has 2 aromatic rings. The van der Waals surface area contributed by atoms with E-state index in [0.717, 1.165) is 11.3 Å². The van der Waals surface area contributed by atoms with Crippen LogP contribution < -0.4 is 4.72 Å². The maximum atomic E-state index is 13.4. The Labute approximate surface area is 180 Å². The highest BCUT2D eigenvalue weighted by Crippen LogP contribution is 2.60. The largest absolute Gasteiger partial charge is 0.352 e. The monoisotopic (exact) mass is 535 g/mol. The molecule has 0 fully saturated rings. The molecule has 12 heteroatoms. The minimum absolute atomic E-state index is 0.0196. The van der Waals surface area contributed by atoms with Gasteiger partial charge in [0, 0.05) is 0 Å². The molecule has 2 rings (SSSR count). The van der Waals surface area contributed by atoms with Gasteiger partial charge in [-0.15, -0.1) is 11.3 Å². The summed E-state index contributed by atoms with van der Waals surface area (Å²) in [5, 5.41) is 0. The second kappa shape index (κ2) is 9.69. The Morgan fingerprint density at radius 2 is 1.70 bits per heavy atom. The van der Waals surface area contributed by atoms with Crippen molar-refractivity contribution in [3.8, 4) is 0 Å². The van der Waals surface area contributed by atoms with Gasteiger partial charge in [0.15, 0.2) is 0 Å². The summed E-state index contributed by atoms with van der Waals surface area (Å²) < 4.78 is 52.9. The fraction of sp³-hybridized carbons (Fsp3) is 0.333. The summed E-state index contributed by atoms with van der Waals surface area (Å²) in [6.07, 6.45) is 0. The zero-order valence-electron chi connectivity index (χ0n) is 14.3. The maximum absolute atomic E-state index is 13.4. The lowest BCUT2D eigenvalue weighted by molar-refractivity contribution is 0.210. The third kappa shape index (κ3) is 5.35. The van der Waals surface area contributed by atoms with Gasteiger partial charge in [0.25, 0.3) is 0 Å². The Hall–Kier alpha value is 0.0400. The molecule has 1 heterocycles. The first-order valence-electron chi connectivity index (χ1n) is 7.75. The van der Waals surface area contributed by atoms with Crippen molar-refractivity contribution < 1.29 is 22.0 Å². The molecule has 0 saturated heterocycles. The van der Waals surface area contributed by atoms with Crippen molar-refractivity contribution in [3.05, 3.63) is 49.0 Å². The van der Waals surface area contributed by atoms with Gasteiger partial charge in [-0.2, -0.15) is 4.72 Å². The van der Waals surface area contributed by atoms with E-state index in [2.05, 4.69) is 20.7 Å². The van der Waals surface area contributed by atoms with E-state index < -0.39 is 23.4 Å². The first kappa shape index (κ1) is 23.3. The number of nitrogens with one attached hydrogen (secondary N) is 1. The SMILES string of the molecule is CCOP(=O)(OCC)C(NS(=O)(=O)c1c(Cl)sc(Cl)c1Br)c1ccccc1. The van der Waals surface area contributed by atoms with E-state index in [1.807, 2.05) is 0 Å².